The zero-order chi connectivity index (χ0) is 13.5. The van der Waals surface area contributed by atoms with Crippen molar-refractivity contribution in [3.63, 3.8) is 0 Å². The smallest absolute Gasteiger partial charge is 0.326 e. The molecule has 5 heteroatoms. The molecule has 1 aromatic rings. The van der Waals surface area contributed by atoms with Crippen LogP contribution in [0.3, 0.4) is 0 Å². The van der Waals surface area contributed by atoms with Gasteiger partial charge in [-0.15, -0.1) is 0 Å². The Balaban J connectivity index is 2.73. The van der Waals surface area contributed by atoms with Crippen molar-refractivity contribution in [3.05, 3.63) is 29.8 Å². The first-order valence-electron chi connectivity index (χ1n) is 5.27. The van der Waals surface area contributed by atoms with Crippen LogP contribution in [0.1, 0.15) is 12.5 Å². The summed E-state index contributed by atoms with van der Waals surface area (Å²) in [5.74, 6) is 2.97. The number of phenolic OH excluding ortho intramolecular Hbond substituents is 1. The predicted molar refractivity (Wildman–Crippen MR) is 64.8 cm³/mol. The average Bonchev–Trinajstić information content (AvgIpc) is 2.31. The molecule has 3 N–H and O–H groups in total. The van der Waals surface area contributed by atoms with Crippen LogP contribution in [-0.4, -0.2) is 28.1 Å². The van der Waals surface area contributed by atoms with Gasteiger partial charge < -0.3 is 15.5 Å². The topological polar surface area (TPSA) is 86.6 Å². The molecule has 0 saturated heterocycles. The summed E-state index contributed by atoms with van der Waals surface area (Å²) in [5, 5.41) is 20.4. The highest BCUT2D eigenvalue weighted by Gasteiger charge is 2.19. The van der Waals surface area contributed by atoms with Crippen LogP contribution < -0.4 is 5.32 Å². The van der Waals surface area contributed by atoms with E-state index in [9.17, 15) is 9.59 Å². The molecular weight excluding hydrogens is 234 g/mol. The largest absolute Gasteiger partial charge is 0.508 e. The van der Waals surface area contributed by atoms with Crippen LogP contribution >= 0.6 is 0 Å². The van der Waals surface area contributed by atoms with Crippen LogP contribution in [0.4, 0.5) is 0 Å². The van der Waals surface area contributed by atoms with Crippen molar-refractivity contribution in [2.24, 2.45) is 0 Å². The van der Waals surface area contributed by atoms with Gasteiger partial charge in [-0.3, -0.25) is 4.79 Å². The molecule has 0 aliphatic heterocycles. The van der Waals surface area contributed by atoms with Gasteiger partial charge in [0.1, 0.15) is 11.8 Å². The van der Waals surface area contributed by atoms with Crippen molar-refractivity contribution in [3.8, 4) is 17.6 Å². The Labute approximate surface area is 104 Å². The Kier molecular flexibility index (Phi) is 4.76. The molecule has 0 aliphatic rings. The number of carbonyl (C=O) groups excluding carboxylic acids is 1. The van der Waals surface area contributed by atoms with E-state index in [-0.39, 0.29) is 12.2 Å². The van der Waals surface area contributed by atoms with Gasteiger partial charge in [-0.2, -0.15) is 0 Å². The van der Waals surface area contributed by atoms with Crippen molar-refractivity contribution < 1.29 is 19.8 Å². The molecule has 0 radical (unpaired) electrons. The van der Waals surface area contributed by atoms with Crippen molar-refractivity contribution >= 4 is 11.9 Å². The molecule has 1 rings (SSSR count). The Hall–Kier alpha value is -2.48. The highest BCUT2D eigenvalue weighted by Crippen LogP contribution is 2.11. The maximum Gasteiger partial charge on any atom is 0.326 e. The van der Waals surface area contributed by atoms with Crippen LogP contribution in [0, 0.1) is 11.8 Å². The highest BCUT2D eigenvalue weighted by atomic mass is 16.4. The predicted octanol–water partition coefficient (Wildman–Crippen LogP) is 0.527. The molecule has 18 heavy (non-hydrogen) atoms. The normalized spacial score (nSPS) is 10.9. The number of aromatic hydroxyl groups is 1. The molecule has 0 aliphatic carbocycles. The minimum Gasteiger partial charge on any atom is -0.508 e. The molecule has 5 nitrogen and oxygen atoms in total. The van der Waals surface area contributed by atoms with E-state index in [1.807, 2.05) is 0 Å². The molecule has 1 amide bonds. The fraction of sp³-hybridized carbons (Fsp3) is 0.231. The van der Waals surface area contributed by atoms with E-state index in [0.29, 0.717) is 5.56 Å². The molecule has 0 aromatic heterocycles. The van der Waals surface area contributed by atoms with Crippen LogP contribution in [0.5, 0.6) is 5.75 Å². The van der Waals surface area contributed by atoms with Gasteiger partial charge in [0.2, 0.25) is 0 Å². The lowest BCUT2D eigenvalue weighted by Crippen LogP contribution is -2.41. The average molecular weight is 247 g/mol. The Morgan fingerprint density at radius 1 is 1.33 bits per heavy atom. The fourth-order valence-corrected chi connectivity index (χ4v) is 1.38. The maximum absolute atomic E-state index is 11.2. The number of benzene rings is 1. The van der Waals surface area contributed by atoms with E-state index in [4.69, 9.17) is 10.2 Å². The number of carboxylic acids is 1. The molecule has 0 unspecified atom stereocenters. The van der Waals surface area contributed by atoms with Gasteiger partial charge in [0.15, 0.2) is 0 Å². The van der Waals surface area contributed by atoms with E-state index in [1.165, 1.54) is 19.1 Å². The van der Waals surface area contributed by atoms with Crippen molar-refractivity contribution in [1.82, 2.24) is 5.32 Å². The first-order chi connectivity index (χ1) is 8.52. The molecule has 0 saturated carbocycles. The zero-order valence-corrected chi connectivity index (χ0v) is 9.80. The number of hydrogen-bond donors (Lipinski definition) is 3. The number of rotatable bonds is 4. The summed E-state index contributed by atoms with van der Waals surface area (Å²) in [6, 6.07) is 5.08. The number of carboxylic acid groups (broad SMARTS) is 1. The Morgan fingerprint density at radius 2 is 1.94 bits per heavy atom. The van der Waals surface area contributed by atoms with Gasteiger partial charge >= 0.3 is 5.97 Å². The molecule has 1 atom stereocenters. The van der Waals surface area contributed by atoms with Crippen LogP contribution in [-0.2, 0) is 16.0 Å². The summed E-state index contributed by atoms with van der Waals surface area (Å²) in [5.41, 5.74) is 0.699. The summed E-state index contributed by atoms with van der Waals surface area (Å²) in [6.45, 7) is 1.50. The second-order valence-electron chi connectivity index (χ2n) is 3.61. The summed E-state index contributed by atoms with van der Waals surface area (Å²) in [7, 11) is 0. The summed E-state index contributed by atoms with van der Waals surface area (Å²) in [4.78, 5) is 22.2. The molecule has 94 valence electrons. The molecular formula is C13H13NO4. The van der Waals surface area contributed by atoms with E-state index in [1.54, 1.807) is 12.1 Å². The quantitative estimate of drug-likeness (QED) is 0.677. The second kappa shape index (κ2) is 6.30. The van der Waals surface area contributed by atoms with Crippen molar-refractivity contribution in [2.45, 2.75) is 19.4 Å². The first kappa shape index (κ1) is 13.6. The zero-order valence-electron chi connectivity index (χ0n) is 9.80. The van der Waals surface area contributed by atoms with Crippen molar-refractivity contribution in [2.75, 3.05) is 0 Å². The lowest BCUT2D eigenvalue weighted by atomic mass is 10.1. The second-order valence-corrected chi connectivity index (χ2v) is 3.61. The number of hydrogen-bond acceptors (Lipinski definition) is 3. The third kappa shape index (κ3) is 4.18. The lowest BCUT2D eigenvalue weighted by molar-refractivity contribution is -0.141. The maximum atomic E-state index is 11.2. The van der Waals surface area contributed by atoms with Gasteiger partial charge in [-0.05, 0) is 30.5 Å². The van der Waals surface area contributed by atoms with Gasteiger partial charge in [0.05, 0.1) is 0 Å². The number of carbonyl (C=O) groups is 2. The van der Waals surface area contributed by atoms with E-state index in [0.717, 1.165) is 0 Å². The Bertz CT molecular complexity index is 496. The minimum atomic E-state index is -1.13. The first-order valence-corrected chi connectivity index (χ1v) is 5.27. The van der Waals surface area contributed by atoms with Crippen molar-refractivity contribution in [1.29, 1.82) is 0 Å². The van der Waals surface area contributed by atoms with Gasteiger partial charge in [0.25, 0.3) is 5.91 Å². The molecule has 0 bridgehead atoms. The minimum absolute atomic E-state index is 0.103. The number of amides is 1. The number of aliphatic carboxylic acids is 1. The summed E-state index contributed by atoms with van der Waals surface area (Å²) >= 11 is 0. The van der Waals surface area contributed by atoms with Crippen LogP contribution in [0.2, 0.25) is 0 Å². The Morgan fingerprint density at radius 3 is 2.44 bits per heavy atom. The van der Waals surface area contributed by atoms with E-state index >= 15 is 0 Å². The standard InChI is InChI=1S/C13H13NO4/c1-2-3-12(16)14-11(13(17)18)8-9-4-6-10(15)7-5-9/h4-7,11,15H,8H2,1H3,(H,14,16)(H,17,18)/t11-/m0/s1. The summed E-state index contributed by atoms with van der Waals surface area (Å²) in [6.07, 6.45) is 0.132. The summed E-state index contributed by atoms with van der Waals surface area (Å²) < 4.78 is 0. The third-order valence-corrected chi connectivity index (χ3v) is 2.22. The third-order valence-electron chi connectivity index (χ3n) is 2.22. The van der Waals surface area contributed by atoms with E-state index in [2.05, 4.69) is 17.2 Å². The van der Waals surface area contributed by atoms with Gasteiger partial charge in [0, 0.05) is 6.42 Å². The SMILES string of the molecule is CC#CC(=O)N[C@@H](Cc1ccc(O)cc1)C(=O)O. The molecule has 0 spiro atoms. The van der Waals surface area contributed by atoms with Gasteiger partial charge in [-0.25, -0.2) is 4.79 Å². The highest BCUT2D eigenvalue weighted by molar-refractivity contribution is 5.96. The monoisotopic (exact) mass is 247 g/mol. The molecule has 0 heterocycles. The van der Waals surface area contributed by atoms with Crippen LogP contribution in [0.15, 0.2) is 24.3 Å². The van der Waals surface area contributed by atoms with Crippen LogP contribution in [0.25, 0.3) is 0 Å². The van der Waals surface area contributed by atoms with Gasteiger partial charge in [-0.1, -0.05) is 18.1 Å². The lowest BCUT2D eigenvalue weighted by Gasteiger charge is -2.12. The van der Waals surface area contributed by atoms with E-state index < -0.39 is 17.9 Å². The molecule has 1 aromatic carbocycles. The number of phenols is 1. The number of nitrogens with one attached hydrogen (secondary N) is 1. The fourth-order valence-electron chi connectivity index (χ4n) is 1.38. The molecule has 0 fully saturated rings.